The van der Waals surface area contributed by atoms with Crippen LogP contribution in [0.15, 0.2) is 30.3 Å². The zero-order valence-electron chi connectivity index (χ0n) is 17.8. The summed E-state index contributed by atoms with van der Waals surface area (Å²) in [6.07, 6.45) is 3.10. The molecule has 0 atom stereocenters. The molecule has 0 spiro atoms. The maximum absolute atomic E-state index is 6.40. The van der Waals surface area contributed by atoms with Gasteiger partial charge in [-0.2, -0.15) is 0 Å². The second kappa shape index (κ2) is 12.7. The Morgan fingerprint density at radius 3 is 1.38 bits per heavy atom. The standard InChI is InChI=1S/C22H40O3Si/c1-19(2)12-15-23-26(24-16-13-20(3)4,25-17-14-21(5)6)18-22-10-8-7-9-11-22/h7-11,19-21H,12-18H2,1-6H3. The average Bonchev–Trinajstić information content (AvgIpc) is 2.54. The Morgan fingerprint density at radius 2 is 1.04 bits per heavy atom. The quantitative estimate of drug-likeness (QED) is 0.376. The molecule has 0 saturated carbocycles. The summed E-state index contributed by atoms with van der Waals surface area (Å²) >= 11 is 0. The van der Waals surface area contributed by atoms with Gasteiger partial charge in [-0.1, -0.05) is 71.9 Å². The van der Waals surface area contributed by atoms with E-state index in [0.29, 0.717) is 37.6 Å². The Labute approximate surface area is 162 Å². The first kappa shape index (κ1) is 23.4. The van der Waals surface area contributed by atoms with Crippen molar-refractivity contribution < 1.29 is 13.3 Å². The molecule has 1 rings (SSSR count). The summed E-state index contributed by atoms with van der Waals surface area (Å²) in [5.41, 5.74) is 1.23. The number of hydrogen-bond donors (Lipinski definition) is 0. The molecular formula is C22H40O3Si. The minimum Gasteiger partial charge on any atom is -0.373 e. The lowest BCUT2D eigenvalue weighted by molar-refractivity contribution is 0.0493. The highest BCUT2D eigenvalue weighted by Gasteiger charge is 2.41. The minimum absolute atomic E-state index is 0.616. The van der Waals surface area contributed by atoms with Gasteiger partial charge in [-0.05, 0) is 42.6 Å². The van der Waals surface area contributed by atoms with Crippen LogP contribution in [0.2, 0.25) is 0 Å². The zero-order valence-corrected chi connectivity index (χ0v) is 18.8. The SMILES string of the molecule is CC(C)CCO[Si](Cc1ccccc1)(OCCC(C)C)OCCC(C)C. The number of hydrogen-bond acceptors (Lipinski definition) is 3. The van der Waals surface area contributed by atoms with E-state index in [-0.39, 0.29) is 0 Å². The van der Waals surface area contributed by atoms with Crippen LogP contribution in [-0.4, -0.2) is 28.6 Å². The highest BCUT2D eigenvalue weighted by atomic mass is 28.4. The molecule has 0 radical (unpaired) electrons. The Balaban J connectivity index is 2.87. The van der Waals surface area contributed by atoms with Gasteiger partial charge in [0.1, 0.15) is 0 Å². The lowest BCUT2D eigenvalue weighted by Gasteiger charge is -2.31. The summed E-state index contributed by atoms with van der Waals surface area (Å²) in [5.74, 6) is 1.85. The van der Waals surface area contributed by atoms with Crippen molar-refractivity contribution in [3.63, 3.8) is 0 Å². The van der Waals surface area contributed by atoms with Gasteiger partial charge in [0.2, 0.25) is 0 Å². The molecule has 26 heavy (non-hydrogen) atoms. The first-order chi connectivity index (χ1) is 12.3. The summed E-state index contributed by atoms with van der Waals surface area (Å²) in [6, 6.07) is 11.2. The van der Waals surface area contributed by atoms with E-state index in [4.69, 9.17) is 13.3 Å². The van der Waals surface area contributed by atoms with Gasteiger partial charge in [0.15, 0.2) is 0 Å². The molecule has 0 heterocycles. The predicted molar refractivity (Wildman–Crippen MR) is 112 cm³/mol. The third-order valence-electron chi connectivity index (χ3n) is 4.31. The Bertz CT molecular complexity index is 424. The highest BCUT2D eigenvalue weighted by molar-refractivity contribution is 6.60. The lowest BCUT2D eigenvalue weighted by atomic mass is 10.2. The Hall–Kier alpha value is -0.683. The molecule has 1 aromatic rings. The van der Waals surface area contributed by atoms with E-state index in [2.05, 4.69) is 65.8 Å². The molecule has 0 bridgehead atoms. The van der Waals surface area contributed by atoms with Crippen LogP contribution in [0.1, 0.15) is 66.4 Å². The van der Waals surface area contributed by atoms with Crippen LogP contribution >= 0.6 is 0 Å². The fraction of sp³-hybridized carbons (Fsp3) is 0.727. The van der Waals surface area contributed by atoms with Crippen molar-refractivity contribution in [2.24, 2.45) is 17.8 Å². The van der Waals surface area contributed by atoms with Crippen molar-refractivity contribution in [1.82, 2.24) is 0 Å². The third kappa shape index (κ3) is 10.5. The number of rotatable bonds is 14. The summed E-state index contributed by atoms with van der Waals surface area (Å²) in [4.78, 5) is 0. The van der Waals surface area contributed by atoms with Crippen molar-refractivity contribution in [1.29, 1.82) is 0 Å². The van der Waals surface area contributed by atoms with Crippen molar-refractivity contribution in [3.05, 3.63) is 35.9 Å². The van der Waals surface area contributed by atoms with Crippen LogP contribution < -0.4 is 0 Å². The number of benzene rings is 1. The molecule has 0 amide bonds. The fourth-order valence-corrected chi connectivity index (χ4v) is 5.05. The maximum atomic E-state index is 6.40. The van der Waals surface area contributed by atoms with E-state index in [1.807, 2.05) is 6.07 Å². The molecule has 0 saturated heterocycles. The lowest BCUT2D eigenvalue weighted by Crippen LogP contribution is -2.49. The van der Waals surface area contributed by atoms with Gasteiger partial charge < -0.3 is 13.3 Å². The van der Waals surface area contributed by atoms with Crippen LogP contribution in [0, 0.1) is 17.8 Å². The normalized spacial score (nSPS) is 12.5. The minimum atomic E-state index is -2.74. The van der Waals surface area contributed by atoms with Crippen LogP contribution in [0.4, 0.5) is 0 Å². The molecule has 0 unspecified atom stereocenters. The summed E-state index contributed by atoms with van der Waals surface area (Å²) < 4.78 is 19.2. The van der Waals surface area contributed by atoms with Crippen LogP contribution in [0.3, 0.4) is 0 Å². The summed E-state index contributed by atoms with van der Waals surface area (Å²) in [7, 11) is -2.74. The maximum Gasteiger partial charge on any atom is 0.505 e. The van der Waals surface area contributed by atoms with Crippen LogP contribution in [0.25, 0.3) is 0 Å². The molecule has 0 N–H and O–H groups in total. The van der Waals surface area contributed by atoms with Gasteiger partial charge >= 0.3 is 8.80 Å². The smallest absolute Gasteiger partial charge is 0.373 e. The molecule has 4 heteroatoms. The van der Waals surface area contributed by atoms with E-state index >= 15 is 0 Å². The second-order valence-corrected chi connectivity index (χ2v) is 11.0. The fourth-order valence-electron chi connectivity index (χ4n) is 2.47. The molecule has 0 aliphatic rings. The molecule has 1 aromatic carbocycles. The summed E-state index contributed by atoms with van der Waals surface area (Å²) in [6.45, 7) is 15.5. The molecule has 0 aromatic heterocycles. The molecule has 0 aliphatic carbocycles. The first-order valence-electron chi connectivity index (χ1n) is 10.3. The second-order valence-electron chi connectivity index (χ2n) is 8.44. The van der Waals surface area contributed by atoms with Crippen molar-refractivity contribution >= 4 is 8.80 Å². The first-order valence-corrected chi connectivity index (χ1v) is 12.2. The van der Waals surface area contributed by atoms with Crippen molar-refractivity contribution in [2.45, 2.75) is 66.8 Å². The zero-order chi connectivity index (χ0) is 19.4. The van der Waals surface area contributed by atoms with Gasteiger partial charge in [-0.15, -0.1) is 0 Å². The Morgan fingerprint density at radius 1 is 0.654 bits per heavy atom. The van der Waals surface area contributed by atoms with E-state index < -0.39 is 8.80 Å². The topological polar surface area (TPSA) is 27.7 Å². The van der Waals surface area contributed by atoms with E-state index in [0.717, 1.165) is 25.3 Å². The van der Waals surface area contributed by atoms with Crippen LogP contribution in [-0.2, 0) is 19.3 Å². The average molecular weight is 381 g/mol. The van der Waals surface area contributed by atoms with E-state index in [1.54, 1.807) is 0 Å². The molecule has 150 valence electrons. The third-order valence-corrected chi connectivity index (χ3v) is 7.09. The van der Waals surface area contributed by atoms with E-state index in [1.165, 1.54) is 5.56 Å². The van der Waals surface area contributed by atoms with Crippen molar-refractivity contribution in [2.75, 3.05) is 19.8 Å². The predicted octanol–water partition coefficient (Wildman–Crippen LogP) is 5.90. The molecular weight excluding hydrogens is 340 g/mol. The van der Waals surface area contributed by atoms with Gasteiger partial charge in [0.05, 0.1) is 0 Å². The highest BCUT2D eigenvalue weighted by Crippen LogP contribution is 2.20. The van der Waals surface area contributed by atoms with Gasteiger partial charge in [0, 0.05) is 25.9 Å². The molecule has 0 fully saturated rings. The van der Waals surface area contributed by atoms with Gasteiger partial charge in [-0.25, -0.2) is 0 Å². The Kier molecular flexibility index (Phi) is 11.4. The van der Waals surface area contributed by atoms with E-state index in [9.17, 15) is 0 Å². The van der Waals surface area contributed by atoms with Gasteiger partial charge in [0.25, 0.3) is 0 Å². The largest absolute Gasteiger partial charge is 0.505 e. The molecule has 3 nitrogen and oxygen atoms in total. The molecule has 0 aliphatic heterocycles. The van der Waals surface area contributed by atoms with Crippen molar-refractivity contribution in [3.8, 4) is 0 Å². The summed E-state index contributed by atoms with van der Waals surface area (Å²) in [5, 5.41) is 0. The van der Waals surface area contributed by atoms with Crippen LogP contribution in [0.5, 0.6) is 0 Å². The monoisotopic (exact) mass is 380 g/mol. The van der Waals surface area contributed by atoms with Gasteiger partial charge in [-0.3, -0.25) is 0 Å².